The molecule has 0 atom stereocenters. The second-order valence-corrected chi connectivity index (χ2v) is 1.31. The van der Waals surface area contributed by atoms with Crippen LogP contribution >= 0.6 is 0 Å². The Labute approximate surface area is 43.9 Å². The molecule has 0 spiro atoms. The number of aliphatic hydroxyl groups excluding tert-OH is 1. The summed E-state index contributed by atoms with van der Waals surface area (Å²) in [5.74, 6) is 0. The molecule has 0 radical (unpaired) electrons. The summed E-state index contributed by atoms with van der Waals surface area (Å²) >= 11 is 0. The number of nitrogens with one attached hydrogen (secondary N) is 1. The molecule has 0 aliphatic rings. The molecular formula is C5H11NO. The van der Waals surface area contributed by atoms with Crippen LogP contribution < -0.4 is 5.32 Å². The lowest BCUT2D eigenvalue weighted by Crippen LogP contribution is -2.10. The average molecular weight is 101 g/mol. The number of aliphatic hydroxyl groups is 1. The van der Waals surface area contributed by atoms with Gasteiger partial charge in [-0.1, -0.05) is 6.08 Å². The van der Waals surface area contributed by atoms with Crippen molar-refractivity contribution in [3.8, 4) is 0 Å². The predicted molar refractivity (Wildman–Crippen MR) is 29.7 cm³/mol. The largest absolute Gasteiger partial charge is 0.377 e. The van der Waals surface area contributed by atoms with Crippen LogP contribution in [0.4, 0.5) is 0 Å². The zero-order valence-electron chi connectivity index (χ0n) is 4.73. The Balaban J connectivity index is 3.17. The fourth-order valence-electron chi connectivity index (χ4n) is 0.227. The van der Waals surface area contributed by atoms with Gasteiger partial charge in [0.2, 0.25) is 0 Å². The fraction of sp³-hybridized carbons (Fsp3) is 0.600. The summed E-state index contributed by atoms with van der Waals surface area (Å²) in [5, 5.41) is 10.9. The van der Waals surface area contributed by atoms with Crippen molar-refractivity contribution in [2.75, 3.05) is 6.73 Å². The van der Waals surface area contributed by atoms with Crippen molar-refractivity contribution >= 4 is 0 Å². The van der Waals surface area contributed by atoms with E-state index in [1.165, 1.54) is 0 Å². The van der Waals surface area contributed by atoms with Gasteiger partial charge in [0.15, 0.2) is 0 Å². The highest BCUT2D eigenvalue weighted by atomic mass is 16.3. The smallest absolute Gasteiger partial charge is 0.113 e. The molecule has 2 N–H and O–H groups in total. The lowest BCUT2D eigenvalue weighted by molar-refractivity contribution is 0.275. The topological polar surface area (TPSA) is 32.3 Å². The van der Waals surface area contributed by atoms with Gasteiger partial charge in [-0.2, -0.15) is 0 Å². The first-order valence-electron chi connectivity index (χ1n) is 2.29. The Morgan fingerprint density at radius 2 is 2.43 bits per heavy atom. The molecule has 0 amide bonds. The van der Waals surface area contributed by atoms with Crippen molar-refractivity contribution in [3.05, 3.63) is 11.8 Å². The zero-order valence-corrected chi connectivity index (χ0v) is 4.73. The van der Waals surface area contributed by atoms with Crippen LogP contribution in [0.1, 0.15) is 13.8 Å². The van der Waals surface area contributed by atoms with Gasteiger partial charge < -0.3 is 10.4 Å². The Morgan fingerprint density at radius 3 is 2.57 bits per heavy atom. The molecule has 0 saturated heterocycles. The highest BCUT2D eigenvalue weighted by molar-refractivity contribution is 4.90. The maximum Gasteiger partial charge on any atom is 0.113 e. The molecule has 7 heavy (non-hydrogen) atoms. The highest BCUT2D eigenvalue weighted by Crippen LogP contribution is 1.79. The summed E-state index contributed by atoms with van der Waals surface area (Å²) in [5.41, 5.74) is 1.00. The first-order chi connectivity index (χ1) is 3.31. The first-order valence-corrected chi connectivity index (χ1v) is 2.29. The van der Waals surface area contributed by atoms with Crippen molar-refractivity contribution in [2.45, 2.75) is 13.8 Å². The molecule has 0 aromatic heterocycles. The predicted octanol–water partition coefficient (Wildman–Crippen LogP) is 0.450. The Morgan fingerprint density at radius 1 is 1.86 bits per heavy atom. The van der Waals surface area contributed by atoms with Gasteiger partial charge in [0.25, 0.3) is 0 Å². The standard InChI is InChI=1S/C5H11NO/c1-3-5(2)6-4-7/h3,6-7H,4H2,1-2H3. The van der Waals surface area contributed by atoms with E-state index in [0.29, 0.717) is 0 Å². The van der Waals surface area contributed by atoms with Gasteiger partial charge in [0.1, 0.15) is 6.73 Å². The minimum Gasteiger partial charge on any atom is -0.377 e. The highest BCUT2D eigenvalue weighted by Gasteiger charge is 1.76. The SMILES string of the molecule is CC=C(C)NCO. The van der Waals surface area contributed by atoms with Crippen LogP contribution in [0.15, 0.2) is 11.8 Å². The van der Waals surface area contributed by atoms with Crippen LogP contribution in [0.2, 0.25) is 0 Å². The molecule has 0 aromatic rings. The van der Waals surface area contributed by atoms with E-state index in [9.17, 15) is 0 Å². The lowest BCUT2D eigenvalue weighted by Gasteiger charge is -1.97. The summed E-state index contributed by atoms with van der Waals surface area (Å²) in [4.78, 5) is 0. The van der Waals surface area contributed by atoms with Crippen molar-refractivity contribution < 1.29 is 5.11 Å². The summed E-state index contributed by atoms with van der Waals surface area (Å²) in [6.45, 7) is 3.84. The van der Waals surface area contributed by atoms with Crippen molar-refractivity contribution in [3.63, 3.8) is 0 Å². The monoisotopic (exact) mass is 101 g/mol. The summed E-state index contributed by atoms with van der Waals surface area (Å²) in [6, 6.07) is 0. The van der Waals surface area contributed by atoms with Gasteiger partial charge in [-0.3, -0.25) is 0 Å². The maximum atomic E-state index is 8.22. The molecule has 2 heteroatoms. The molecule has 0 aromatic carbocycles. The van der Waals surface area contributed by atoms with Gasteiger partial charge in [-0.15, -0.1) is 0 Å². The van der Waals surface area contributed by atoms with E-state index in [-0.39, 0.29) is 6.73 Å². The minimum atomic E-state index is 0.0240. The molecule has 0 aliphatic carbocycles. The molecular weight excluding hydrogens is 90.1 g/mol. The number of hydrogen-bond acceptors (Lipinski definition) is 2. The third-order valence-corrected chi connectivity index (χ3v) is 0.791. The molecule has 2 nitrogen and oxygen atoms in total. The van der Waals surface area contributed by atoms with E-state index >= 15 is 0 Å². The average Bonchev–Trinajstić information content (AvgIpc) is 1.68. The van der Waals surface area contributed by atoms with E-state index in [0.717, 1.165) is 5.70 Å². The molecule has 0 rings (SSSR count). The van der Waals surface area contributed by atoms with Crippen molar-refractivity contribution in [1.82, 2.24) is 5.32 Å². The third-order valence-electron chi connectivity index (χ3n) is 0.791. The van der Waals surface area contributed by atoms with Gasteiger partial charge in [-0.05, 0) is 13.8 Å². The van der Waals surface area contributed by atoms with Crippen molar-refractivity contribution in [2.24, 2.45) is 0 Å². The lowest BCUT2D eigenvalue weighted by atomic mass is 10.5. The molecule has 0 heterocycles. The molecule has 42 valence electrons. The fourth-order valence-corrected chi connectivity index (χ4v) is 0.227. The zero-order chi connectivity index (χ0) is 5.70. The minimum absolute atomic E-state index is 0.0240. The van der Waals surface area contributed by atoms with Gasteiger partial charge in [-0.25, -0.2) is 0 Å². The second kappa shape index (κ2) is 3.68. The molecule has 0 aliphatic heterocycles. The number of hydrogen-bond donors (Lipinski definition) is 2. The normalized spacial score (nSPS) is 11.6. The second-order valence-electron chi connectivity index (χ2n) is 1.31. The van der Waals surface area contributed by atoms with E-state index in [4.69, 9.17) is 5.11 Å². The van der Waals surface area contributed by atoms with Crippen molar-refractivity contribution in [1.29, 1.82) is 0 Å². The maximum absolute atomic E-state index is 8.22. The van der Waals surface area contributed by atoms with Gasteiger partial charge in [0.05, 0.1) is 0 Å². The van der Waals surface area contributed by atoms with Crippen LogP contribution in [-0.4, -0.2) is 11.8 Å². The van der Waals surface area contributed by atoms with Crippen LogP contribution in [0, 0.1) is 0 Å². The van der Waals surface area contributed by atoms with Crippen LogP contribution in [0.5, 0.6) is 0 Å². The van der Waals surface area contributed by atoms with E-state index < -0.39 is 0 Å². The Hall–Kier alpha value is -0.500. The summed E-state index contributed by atoms with van der Waals surface area (Å²) in [7, 11) is 0. The Bertz CT molecular complexity index is 68.5. The number of allylic oxidation sites excluding steroid dienone is 2. The molecule has 0 unspecified atom stereocenters. The summed E-state index contributed by atoms with van der Waals surface area (Å²) in [6.07, 6.45) is 1.90. The van der Waals surface area contributed by atoms with E-state index in [2.05, 4.69) is 5.32 Å². The first kappa shape index (κ1) is 6.50. The molecule has 0 bridgehead atoms. The van der Waals surface area contributed by atoms with Crippen LogP contribution in [0.25, 0.3) is 0 Å². The Kier molecular flexibility index (Phi) is 3.42. The van der Waals surface area contributed by atoms with E-state index in [1.54, 1.807) is 0 Å². The van der Waals surface area contributed by atoms with Crippen LogP contribution in [0.3, 0.4) is 0 Å². The van der Waals surface area contributed by atoms with Gasteiger partial charge in [0, 0.05) is 5.70 Å². The molecule has 0 fully saturated rings. The van der Waals surface area contributed by atoms with Crippen LogP contribution in [-0.2, 0) is 0 Å². The van der Waals surface area contributed by atoms with Gasteiger partial charge >= 0.3 is 0 Å². The molecule has 0 saturated carbocycles. The third kappa shape index (κ3) is 3.33. The quantitative estimate of drug-likeness (QED) is 0.495. The number of rotatable bonds is 2. The van der Waals surface area contributed by atoms with E-state index in [1.807, 2.05) is 19.9 Å². The summed E-state index contributed by atoms with van der Waals surface area (Å²) < 4.78 is 0.